The molecule has 0 fully saturated rings. The molecule has 0 amide bonds. The number of aryl methyl sites for hydroxylation is 1. The molecule has 6 nitrogen and oxygen atoms in total. The van der Waals surface area contributed by atoms with Gasteiger partial charge in [-0.15, -0.1) is 0 Å². The standard InChI is InChI=1S/C14H18N2O4/c1-4-19-13(17)9-16-10-6-7-15(3)11(10)8-12(16)14(18)20-5-2/h6-8H,4-5,9H2,1-3H3. The summed E-state index contributed by atoms with van der Waals surface area (Å²) in [5.41, 5.74) is 2.04. The van der Waals surface area contributed by atoms with E-state index in [1.165, 1.54) is 0 Å². The maximum atomic E-state index is 12.0. The Bertz CT molecular complexity index is 639. The van der Waals surface area contributed by atoms with Crippen molar-refractivity contribution in [3.63, 3.8) is 0 Å². The van der Waals surface area contributed by atoms with Crippen LogP contribution in [0.5, 0.6) is 0 Å². The van der Waals surface area contributed by atoms with Crippen LogP contribution in [0.1, 0.15) is 24.3 Å². The summed E-state index contributed by atoms with van der Waals surface area (Å²) < 4.78 is 13.5. The van der Waals surface area contributed by atoms with Gasteiger partial charge in [0.05, 0.1) is 24.2 Å². The number of fused-ring (bicyclic) bond motifs is 1. The largest absolute Gasteiger partial charge is 0.465 e. The molecule has 0 aliphatic rings. The van der Waals surface area contributed by atoms with Crippen LogP contribution in [0.4, 0.5) is 0 Å². The van der Waals surface area contributed by atoms with Crippen LogP contribution in [-0.4, -0.2) is 34.3 Å². The van der Waals surface area contributed by atoms with Gasteiger partial charge >= 0.3 is 11.9 Å². The first-order valence-corrected chi connectivity index (χ1v) is 6.55. The third-order valence-electron chi connectivity index (χ3n) is 3.03. The highest BCUT2D eigenvalue weighted by Crippen LogP contribution is 2.21. The van der Waals surface area contributed by atoms with Gasteiger partial charge < -0.3 is 18.6 Å². The molecule has 0 aliphatic carbocycles. The van der Waals surface area contributed by atoms with Crippen LogP contribution in [0, 0.1) is 0 Å². The Morgan fingerprint density at radius 2 is 1.85 bits per heavy atom. The van der Waals surface area contributed by atoms with Gasteiger partial charge in [-0.1, -0.05) is 0 Å². The van der Waals surface area contributed by atoms with Crippen molar-refractivity contribution >= 4 is 23.0 Å². The Morgan fingerprint density at radius 3 is 2.50 bits per heavy atom. The summed E-state index contributed by atoms with van der Waals surface area (Å²) in [7, 11) is 1.88. The summed E-state index contributed by atoms with van der Waals surface area (Å²) in [4.78, 5) is 23.7. The fourth-order valence-corrected chi connectivity index (χ4v) is 2.15. The summed E-state index contributed by atoms with van der Waals surface area (Å²) in [6.45, 7) is 4.09. The second-order valence-electron chi connectivity index (χ2n) is 4.34. The first kappa shape index (κ1) is 14.2. The van der Waals surface area contributed by atoms with Crippen LogP contribution in [-0.2, 0) is 27.9 Å². The van der Waals surface area contributed by atoms with Crippen molar-refractivity contribution in [1.82, 2.24) is 9.13 Å². The van der Waals surface area contributed by atoms with Crippen molar-refractivity contribution in [3.05, 3.63) is 24.0 Å². The van der Waals surface area contributed by atoms with Crippen molar-refractivity contribution in [2.75, 3.05) is 13.2 Å². The molecule has 0 spiro atoms. The number of hydrogen-bond acceptors (Lipinski definition) is 4. The summed E-state index contributed by atoms with van der Waals surface area (Å²) in [5.74, 6) is -0.813. The predicted molar refractivity (Wildman–Crippen MR) is 73.5 cm³/mol. The van der Waals surface area contributed by atoms with Gasteiger partial charge in [-0.3, -0.25) is 4.79 Å². The minimum absolute atomic E-state index is 0.00446. The number of nitrogens with zero attached hydrogens (tertiary/aromatic N) is 2. The highest BCUT2D eigenvalue weighted by Gasteiger charge is 2.20. The zero-order valence-corrected chi connectivity index (χ0v) is 11.9. The molecular formula is C14H18N2O4. The van der Waals surface area contributed by atoms with Gasteiger partial charge in [0.2, 0.25) is 0 Å². The Labute approximate surface area is 116 Å². The molecule has 2 heterocycles. The minimum atomic E-state index is -0.437. The smallest absolute Gasteiger partial charge is 0.355 e. The minimum Gasteiger partial charge on any atom is -0.465 e. The van der Waals surface area contributed by atoms with Gasteiger partial charge in [-0.2, -0.15) is 0 Å². The molecule has 6 heteroatoms. The van der Waals surface area contributed by atoms with E-state index in [0.29, 0.717) is 18.9 Å². The summed E-state index contributed by atoms with van der Waals surface area (Å²) in [6.07, 6.45) is 1.88. The second-order valence-corrected chi connectivity index (χ2v) is 4.34. The van der Waals surface area contributed by atoms with E-state index in [1.807, 2.05) is 23.9 Å². The molecule has 2 aromatic heterocycles. The number of aromatic nitrogens is 2. The van der Waals surface area contributed by atoms with Gasteiger partial charge in [-0.05, 0) is 26.0 Å². The van der Waals surface area contributed by atoms with E-state index in [1.54, 1.807) is 24.5 Å². The maximum absolute atomic E-state index is 12.0. The van der Waals surface area contributed by atoms with Gasteiger partial charge in [0.25, 0.3) is 0 Å². The zero-order valence-electron chi connectivity index (χ0n) is 11.9. The van der Waals surface area contributed by atoms with E-state index < -0.39 is 5.97 Å². The summed E-state index contributed by atoms with van der Waals surface area (Å²) in [6, 6.07) is 3.59. The average Bonchev–Trinajstić information content (AvgIpc) is 2.92. The number of esters is 2. The summed E-state index contributed by atoms with van der Waals surface area (Å²) in [5, 5.41) is 0. The van der Waals surface area contributed by atoms with E-state index in [0.717, 1.165) is 11.0 Å². The van der Waals surface area contributed by atoms with Crippen molar-refractivity contribution in [1.29, 1.82) is 0 Å². The van der Waals surface area contributed by atoms with Gasteiger partial charge in [0.15, 0.2) is 0 Å². The topological polar surface area (TPSA) is 62.5 Å². The highest BCUT2D eigenvalue weighted by atomic mass is 16.5. The molecule has 0 saturated carbocycles. The van der Waals surface area contributed by atoms with Crippen molar-refractivity contribution in [2.45, 2.75) is 20.4 Å². The Balaban J connectivity index is 2.44. The first-order chi connectivity index (χ1) is 9.58. The molecule has 0 unspecified atom stereocenters. The van der Waals surface area contributed by atoms with Gasteiger partial charge in [-0.25, -0.2) is 4.79 Å². The first-order valence-electron chi connectivity index (χ1n) is 6.55. The second kappa shape index (κ2) is 5.81. The zero-order chi connectivity index (χ0) is 14.7. The maximum Gasteiger partial charge on any atom is 0.355 e. The number of ether oxygens (including phenoxy) is 2. The molecule has 20 heavy (non-hydrogen) atoms. The van der Waals surface area contributed by atoms with Crippen LogP contribution in [0.25, 0.3) is 11.0 Å². The SMILES string of the molecule is CCOC(=O)Cn1c(C(=O)OCC)cc2c1ccn2C. The lowest BCUT2D eigenvalue weighted by molar-refractivity contribution is -0.143. The molecule has 0 atom stereocenters. The molecule has 0 radical (unpaired) electrons. The lowest BCUT2D eigenvalue weighted by Crippen LogP contribution is -2.18. The Kier molecular flexibility index (Phi) is 4.12. The third kappa shape index (κ3) is 2.54. The predicted octanol–water partition coefficient (Wildman–Crippen LogP) is 1.72. The van der Waals surface area contributed by atoms with E-state index in [9.17, 15) is 9.59 Å². The quantitative estimate of drug-likeness (QED) is 0.781. The normalized spacial score (nSPS) is 10.8. The number of rotatable bonds is 5. The third-order valence-corrected chi connectivity index (χ3v) is 3.03. The molecule has 0 bridgehead atoms. The highest BCUT2D eigenvalue weighted by molar-refractivity contribution is 5.95. The van der Waals surface area contributed by atoms with E-state index in [4.69, 9.17) is 9.47 Å². The van der Waals surface area contributed by atoms with E-state index in [2.05, 4.69) is 0 Å². The number of carbonyl (C=O) groups is 2. The van der Waals surface area contributed by atoms with Crippen molar-refractivity contribution in [3.8, 4) is 0 Å². The van der Waals surface area contributed by atoms with Crippen LogP contribution < -0.4 is 0 Å². The van der Waals surface area contributed by atoms with Crippen molar-refractivity contribution < 1.29 is 19.1 Å². The number of carbonyl (C=O) groups excluding carboxylic acids is 2. The van der Waals surface area contributed by atoms with Crippen molar-refractivity contribution in [2.24, 2.45) is 7.05 Å². The Morgan fingerprint density at radius 1 is 1.15 bits per heavy atom. The molecule has 0 saturated heterocycles. The Hall–Kier alpha value is -2.24. The lowest BCUT2D eigenvalue weighted by Gasteiger charge is -2.08. The van der Waals surface area contributed by atoms with E-state index >= 15 is 0 Å². The lowest BCUT2D eigenvalue weighted by atomic mass is 10.4. The van der Waals surface area contributed by atoms with Gasteiger partial charge in [0.1, 0.15) is 12.2 Å². The summed E-state index contributed by atoms with van der Waals surface area (Å²) >= 11 is 0. The molecule has 2 aromatic rings. The fourth-order valence-electron chi connectivity index (χ4n) is 2.15. The van der Waals surface area contributed by atoms with Gasteiger partial charge in [0, 0.05) is 13.2 Å². The molecule has 108 valence electrons. The van der Waals surface area contributed by atoms with Crippen LogP contribution in [0.3, 0.4) is 0 Å². The fraction of sp³-hybridized carbons (Fsp3) is 0.429. The molecule has 0 aliphatic heterocycles. The van der Waals surface area contributed by atoms with E-state index in [-0.39, 0.29) is 12.5 Å². The molecule has 0 N–H and O–H groups in total. The number of hydrogen-bond donors (Lipinski definition) is 0. The average molecular weight is 278 g/mol. The monoisotopic (exact) mass is 278 g/mol. The molecular weight excluding hydrogens is 260 g/mol. The van der Waals surface area contributed by atoms with Crippen LogP contribution in [0.2, 0.25) is 0 Å². The van der Waals surface area contributed by atoms with Crippen LogP contribution in [0.15, 0.2) is 18.3 Å². The molecule has 2 rings (SSSR count). The van der Waals surface area contributed by atoms with Crippen LogP contribution >= 0.6 is 0 Å². The molecule has 0 aromatic carbocycles.